The van der Waals surface area contributed by atoms with Crippen LogP contribution in [0.3, 0.4) is 0 Å². The van der Waals surface area contributed by atoms with Crippen LogP contribution in [0.25, 0.3) is 0 Å². The average Bonchev–Trinajstić information content (AvgIpc) is 1.13. The summed E-state index contributed by atoms with van der Waals surface area (Å²) < 4.78 is 129. The van der Waals surface area contributed by atoms with Gasteiger partial charge in [0.15, 0.2) is 33.9 Å². The fourth-order valence-corrected chi connectivity index (χ4v) is 19.3. The van der Waals surface area contributed by atoms with Gasteiger partial charge in [0.05, 0.1) is 113 Å². The number of amides is 5. The van der Waals surface area contributed by atoms with Crippen LogP contribution in [0.5, 0.6) is 0 Å². The molecule has 0 bridgehead atoms. The molecule has 5 amide bonds. The molecule has 2 fully saturated rings. The van der Waals surface area contributed by atoms with Gasteiger partial charge in [0.25, 0.3) is 5.91 Å². The number of aliphatic hydroxyl groups is 4. The number of hydrogen-bond donors (Lipinski definition) is 12. The van der Waals surface area contributed by atoms with Crippen molar-refractivity contribution in [3.05, 3.63) is 189 Å². The number of benzene rings is 6. The van der Waals surface area contributed by atoms with Crippen molar-refractivity contribution in [2.24, 2.45) is 5.73 Å². The first-order valence-corrected chi connectivity index (χ1v) is 51.5. The van der Waals surface area contributed by atoms with Crippen LogP contribution in [-0.2, 0) is 131 Å². The number of nitrogens with zero attached hydrogens (tertiary/aromatic N) is 3. The number of nitrogens with two attached hydrogens (primary N) is 1. The third-order valence-corrected chi connectivity index (χ3v) is 27.7. The number of Topliss-reactive ketones (excluding diaryl/α,β-unsaturated/α-hetero) is 1. The number of hydrogen-bond acceptors (Lipinski definition) is 31. The van der Waals surface area contributed by atoms with E-state index in [4.69, 9.17) is 138 Å². The van der Waals surface area contributed by atoms with Crippen LogP contribution in [-0.4, -0.2) is 334 Å². The Hall–Kier alpha value is -7.49. The van der Waals surface area contributed by atoms with Gasteiger partial charge >= 0.3 is 11.9 Å². The number of carbonyl (C=O) groups is 8. The molecule has 5 aliphatic heterocycles. The second-order valence-electron chi connectivity index (χ2n) is 32.0. The molecule has 6 aromatic rings. The topological polar surface area (TPSA) is 539 Å². The number of aliphatic carboxylic acids is 2. The molecule has 47 heteroatoms. The largest absolute Gasteiger partial charge is 0.479 e. The predicted molar refractivity (Wildman–Crippen MR) is 519 cm³/mol. The van der Waals surface area contributed by atoms with Crippen molar-refractivity contribution in [3.8, 4) is 0 Å². The minimum absolute atomic E-state index is 0.00285. The lowest BCUT2D eigenvalue weighted by Crippen LogP contribution is -2.46. The van der Waals surface area contributed by atoms with Crippen molar-refractivity contribution < 1.29 is 137 Å². The molecule has 0 radical (unpaired) electrons. The van der Waals surface area contributed by atoms with Gasteiger partial charge in [0.2, 0.25) is 43.7 Å². The lowest BCUT2D eigenvalue weighted by atomic mass is 9.85. The number of carboxylic acids is 2. The lowest BCUT2D eigenvalue weighted by molar-refractivity contribution is -0.165. The highest BCUT2D eigenvalue weighted by atomic mass is 35.5. The first kappa shape index (κ1) is 120. The second kappa shape index (κ2) is 62.9. The number of ether oxygens (including phenoxy) is 9. The molecule has 5 heterocycles. The van der Waals surface area contributed by atoms with Gasteiger partial charge in [-0.3, -0.25) is 39.4 Å². The van der Waals surface area contributed by atoms with Crippen molar-refractivity contribution in [1.29, 1.82) is 0 Å². The Morgan fingerprint density at radius 1 is 0.410 bits per heavy atom. The first-order chi connectivity index (χ1) is 66.1. The summed E-state index contributed by atoms with van der Waals surface area (Å²) in [5.41, 5.74) is 14.7. The Morgan fingerprint density at radius 3 is 1.04 bits per heavy atom. The van der Waals surface area contributed by atoms with Gasteiger partial charge in [-0.1, -0.05) is 106 Å². The standard InChI is InChI=1S/C33H47Cl2N3O10S.C24H33Cl2N3O5S.C23H29Cl2NO4S.2C4H5NO2.C4H6O6/c1-3-45-12-4-5-30(39)31(40)32(41)33(42)36-10-13-46-15-17-48-18-16-47-14-11-37-49(43,44)25-8-6-23(7-9-25)27-21-38(2)22-28-26(27)19-24(34)20-29(28)35;1-29-16-22(21-14-19(25)15-24(26)23(21)17-29)18-2-4-20(5-3-18)35(30,31)28-7-9-33-11-13-34-12-10-32-8-6-27;1-3-29-10-11-30-9-4-12-31(27,28)19-7-5-17(6-8-19)21-15-26(2)16-22-20(21)13-18(24)14-23(22)25;2*6-3-1-2-4(7)5-3;5-1(3(7)8)2(6)4(9)10/h6-9,19-20,27,31-32,37,40-41H,3-5,10-18,21-22H2,1-2H3,(H,36,42);2-5,14-15,22,28H,6-13,16-17,27H2,1H3;5-8,13-14,21H,3-4,9-12,15-16H2,1-2H3;2*1-2H2,(H,5,6,7);1-2,5-6H,(H,7,8)(H,9,10)/t27-,31?,32?;22-;21-;;;/m111.../s1. The van der Waals surface area contributed by atoms with E-state index in [1.165, 1.54) is 0 Å². The van der Waals surface area contributed by atoms with Crippen molar-refractivity contribution in [2.75, 3.05) is 192 Å². The molecule has 13 N–H and O–H groups in total. The summed E-state index contributed by atoms with van der Waals surface area (Å²) in [6.07, 6.45) is -5.86. The van der Waals surface area contributed by atoms with E-state index in [2.05, 4.69) is 47.1 Å². The number of fused-ring (bicyclic) bond motifs is 3. The molecule has 4 unspecified atom stereocenters. The summed E-state index contributed by atoms with van der Waals surface area (Å²) in [7, 11) is -4.62. The van der Waals surface area contributed by atoms with Gasteiger partial charge in [0.1, 0.15) is 6.10 Å². The Balaban J connectivity index is 0.000000289. The van der Waals surface area contributed by atoms with Gasteiger partial charge < -0.3 is 99.0 Å². The molecular weight excluding hydrogens is 2000 g/mol. The van der Waals surface area contributed by atoms with Crippen LogP contribution in [0.2, 0.25) is 30.1 Å². The van der Waals surface area contributed by atoms with Gasteiger partial charge in [-0.2, -0.15) is 0 Å². The predicted octanol–water partition coefficient (Wildman–Crippen LogP) is 6.49. The summed E-state index contributed by atoms with van der Waals surface area (Å²) >= 11 is 38.2. The monoisotopic (exact) mass is 2130 g/mol. The maximum atomic E-state index is 12.8. The average molecular weight is 2130 g/mol. The van der Waals surface area contributed by atoms with Crippen molar-refractivity contribution >= 4 is 147 Å². The van der Waals surface area contributed by atoms with E-state index in [0.717, 1.165) is 82.8 Å². The number of aliphatic hydroxyl groups excluding tert-OH is 4. The van der Waals surface area contributed by atoms with E-state index in [0.29, 0.717) is 159 Å². The zero-order valence-corrected chi connectivity index (χ0v) is 84.9. The van der Waals surface area contributed by atoms with Crippen molar-refractivity contribution in [1.82, 2.24) is 40.1 Å². The molecular formula is C92H125Cl6N9O29S3. The number of carboxylic acid groups (broad SMARTS) is 2. The van der Waals surface area contributed by atoms with E-state index in [9.17, 15) is 73.8 Å². The number of carbonyl (C=O) groups excluding carboxylic acids is 6. The maximum Gasteiger partial charge on any atom is 0.335 e. The quantitative estimate of drug-likeness (QED) is 0.0143. The summed E-state index contributed by atoms with van der Waals surface area (Å²) in [5, 5.41) is 62.7. The highest BCUT2D eigenvalue weighted by molar-refractivity contribution is 7.91. The smallest absolute Gasteiger partial charge is 0.335 e. The molecule has 11 rings (SSSR count). The Morgan fingerprint density at radius 2 is 0.712 bits per heavy atom. The van der Waals surface area contributed by atoms with Crippen LogP contribution in [0.15, 0.2) is 124 Å². The summed E-state index contributed by atoms with van der Waals surface area (Å²) in [4.78, 5) is 91.2. The van der Waals surface area contributed by atoms with E-state index < -0.39 is 77.9 Å². The zero-order valence-electron chi connectivity index (χ0n) is 77.9. The minimum Gasteiger partial charge on any atom is -0.479 e. The Bertz CT molecular complexity index is 5210. The molecule has 5 aliphatic rings. The van der Waals surface area contributed by atoms with E-state index in [1.54, 1.807) is 54.6 Å². The van der Waals surface area contributed by atoms with E-state index >= 15 is 0 Å². The van der Waals surface area contributed by atoms with Crippen LogP contribution >= 0.6 is 69.6 Å². The fourth-order valence-electron chi connectivity index (χ4n) is 14.3. The molecule has 2 saturated heterocycles. The van der Waals surface area contributed by atoms with Crippen LogP contribution in [0, 0.1) is 0 Å². The zero-order chi connectivity index (χ0) is 102. The molecule has 0 aromatic heterocycles. The first-order valence-electron chi connectivity index (χ1n) is 44.7. The number of sulfone groups is 1. The number of ketones is 1. The number of likely N-dealkylation sites (N-methyl/N-ethyl adjacent to an activating group) is 3. The van der Waals surface area contributed by atoms with Gasteiger partial charge in [0, 0.05) is 172 Å². The molecule has 0 spiro atoms. The SMILES string of the molecule is CCOCCCC(=O)C(O)C(O)C(=O)NCCOCCOCCOCCNS(=O)(=O)c1ccc([C@H]2CN(C)Cc3c(Cl)cc(Cl)cc32)cc1.CCOCCOCCCS(=O)(=O)c1ccc([C@H]2CN(C)Cc3c(Cl)cc(Cl)cc32)cc1.CN1Cc2c(Cl)cc(Cl)cc2[C@@H](c2ccc(S(=O)(=O)NCCOCCOCCOCCN)cc2)C1.O=C(O)C(O)C(O)C(=O)O.O=C1CCC(=O)N1.O=C1CCC(=O)N1. The summed E-state index contributed by atoms with van der Waals surface area (Å²) in [6, 6.07) is 32.1. The Labute approximate surface area is 840 Å². The third kappa shape index (κ3) is 42.4. The van der Waals surface area contributed by atoms with Crippen molar-refractivity contribution in [2.45, 2.75) is 135 Å². The van der Waals surface area contributed by atoms with Crippen LogP contribution < -0.4 is 31.1 Å². The highest BCUT2D eigenvalue weighted by Crippen LogP contribution is 2.42. The molecule has 139 heavy (non-hydrogen) atoms. The normalized spacial score (nSPS) is 16.8. The summed E-state index contributed by atoms with van der Waals surface area (Å²) in [5.74, 6) is -5.43. The van der Waals surface area contributed by atoms with E-state index in [-0.39, 0.29) is 129 Å². The minimum atomic E-state index is -3.73. The van der Waals surface area contributed by atoms with Crippen LogP contribution in [0.4, 0.5) is 0 Å². The summed E-state index contributed by atoms with van der Waals surface area (Å²) in [6.45, 7) is 15.9. The molecule has 0 aliphatic carbocycles. The number of sulfonamides is 2. The van der Waals surface area contributed by atoms with Gasteiger partial charge in [-0.05, 0) is 171 Å². The molecule has 772 valence electrons. The van der Waals surface area contributed by atoms with Crippen LogP contribution in [0.1, 0.15) is 127 Å². The fraction of sp³-hybridized carbons (Fsp3) is 0.522. The number of rotatable bonds is 50. The number of halogens is 6. The molecule has 6 aromatic carbocycles. The lowest BCUT2D eigenvalue weighted by Gasteiger charge is -2.33. The maximum absolute atomic E-state index is 12.8. The Kier molecular flexibility index (Phi) is 54.4. The molecule has 7 atom stereocenters. The third-order valence-electron chi connectivity index (χ3n) is 21.3. The molecule has 0 saturated carbocycles. The van der Waals surface area contributed by atoms with E-state index in [1.807, 2.05) is 82.5 Å². The van der Waals surface area contributed by atoms with Gasteiger partial charge in [-0.15, -0.1) is 0 Å². The molecule has 38 nitrogen and oxygen atoms in total. The second-order valence-corrected chi connectivity index (χ2v) is 40.2. The van der Waals surface area contributed by atoms with Gasteiger partial charge in [-0.25, -0.2) is 44.3 Å². The highest BCUT2D eigenvalue weighted by Gasteiger charge is 2.34. The number of nitrogens with one attached hydrogen (secondary N) is 5. The van der Waals surface area contributed by atoms with Crippen molar-refractivity contribution in [3.63, 3.8) is 0 Å². The number of imide groups is 2.